The highest BCUT2D eigenvalue weighted by atomic mass is 19.2. The third kappa shape index (κ3) is 10.0. The minimum absolute atomic E-state index is 0.219. The van der Waals surface area contributed by atoms with E-state index in [4.69, 9.17) is 0 Å². The van der Waals surface area contributed by atoms with E-state index in [-0.39, 0.29) is 6.92 Å². The quantitative estimate of drug-likeness (QED) is 0.0768. The second-order valence-electron chi connectivity index (χ2n) is 20.5. The van der Waals surface area contributed by atoms with Gasteiger partial charge in [0, 0.05) is 22.3 Å². The maximum atomic E-state index is 18.2. The first-order valence-corrected chi connectivity index (χ1v) is 25.7. The van der Waals surface area contributed by atoms with Crippen molar-refractivity contribution in [3.63, 3.8) is 0 Å². The van der Waals surface area contributed by atoms with Gasteiger partial charge < -0.3 is 0 Å². The van der Waals surface area contributed by atoms with E-state index in [1.165, 1.54) is 0 Å². The summed E-state index contributed by atoms with van der Waals surface area (Å²) in [5, 5.41) is 0. The second-order valence-corrected chi connectivity index (χ2v) is 20.5. The molecule has 528 valence electrons. The van der Waals surface area contributed by atoms with Crippen LogP contribution in [0.4, 0.5) is 171 Å². The minimum Gasteiger partial charge on any atom is -0.206 e. The molecule has 0 fully saturated rings. The number of benzene rings is 10. The average molecular weight is 1490 g/mol. The Morgan fingerprint density at radius 3 is 0.505 bits per heavy atom. The van der Waals surface area contributed by atoms with E-state index >= 15 is 119 Å². The summed E-state index contributed by atoms with van der Waals surface area (Å²) >= 11 is 0. The molecule has 10 rings (SSSR count). The van der Waals surface area contributed by atoms with Gasteiger partial charge in [0.2, 0.25) is 17.5 Å². The zero-order chi connectivity index (χ0) is 75.8. The fraction of sp³-hybridized carbons (Fsp3) is 0.0323. The molecule has 0 atom stereocenters. The minimum atomic E-state index is -3.96. The Kier molecular flexibility index (Phi) is 18.1. The zero-order valence-electron chi connectivity index (χ0n) is 46.8. The Morgan fingerprint density at radius 1 is 0.119 bits per heavy atom. The molecule has 0 aliphatic heterocycles. The van der Waals surface area contributed by atoms with Crippen LogP contribution in [0, 0.1) is 241 Å². The largest absolute Gasteiger partial charge is 0.206 e. The van der Waals surface area contributed by atoms with Crippen molar-refractivity contribution in [3.05, 3.63) is 244 Å². The molecule has 10 aromatic carbocycles. The molecule has 0 amide bonds. The standard InChI is InChI=1S/C62H7F39/c1-4-8(28(67)16(15-25(64)5(2)10(33(72)38(15)77)14-47(86)54(93)60(99)55(94)48(14)87)29(68)9(4)13-36(75)43(82)21(44(83)37(13)76)23-49(88)56(95)61(100)57(96)50(23)89)12-30(69)17(19-39(78)34(73)11(35(74)40(19)79)6-3-7(63)27(66)53(92)26(6)65)32(71)18(31(12)70)20-41(80)45(84)22(46(85)42(20)81)24-51(90)58(97)62(101)59(98)52(24)91/h3H,1-2H3. The second kappa shape index (κ2) is 25.0. The number of hydrogen-bond acceptors (Lipinski definition) is 0. The van der Waals surface area contributed by atoms with E-state index in [0.29, 0.717) is 0 Å². The molecule has 0 aromatic heterocycles. The maximum Gasteiger partial charge on any atom is 0.200 e. The average Bonchev–Trinajstić information content (AvgIpc) is 0.751. The first kappa shape index (κ1) is 73.2. The van der Waals surface area contributed by atoms with E-state index < -0.39 is 351 Å². The van der Waals surface area contributed by atoms with Crippen molar-refractivity contribution < 1.29 is 171 Å². The van der Waals surface area contributed by atoms with Crippen molar-refractivity contribution in [3.8, 4) is 100 Å². The van der Waals surface area contributed by atoms with Gasteiger partial charge in [-0.2, -0.15) is 0 Å². The molecule has 0 bridgehead atoms. The molecular formula is C62H7F39. The van der Waals surface area contributed by atoms with Crippen molar-refractivity contribution in [1.29, 1.82) is 0 Å². The smallest absolute Gasteiger partial charge is 0.200 e. The third-order valence-electron chi connectivity index (χ3n) is 15.3. The van der Waals surface area contributed by atoms with Crippen LogP contribution in [-0.2, 0) is 0 Å². The van der Waals surface area contributed by atoms with Crippen molar-refractivity contribution in [2.75, 3.05) is 0 Å². The van der Waals surface area contributed by atoms with Crippen molar-refractivity contribution >= 4 is 0 Å². The van der Waals surface area contributed by atoms with Crippen molar-refractivity contribution in [2.24, 2.45) is 0 Å². The molecule has 10 aromatic rings. The Balaban J connectivity index is 1.47. The first-order chi connectivity index (χ1) is 46.8. The fourth-order valence-electron chi connectivity index (χ4n) is 10.7. The van der Waals surface area contributed by atoms with Crippen LogP contribution < -0.4 is 0 Å². The lowest BCUT2D eigenvalue weighted by molar-refractivity contribution is 0.379. The Labute approximate surface area is 528 Å². The Morgan fingerprint density at radius 2 is 0.257 bits per heavy atom. The summed E-state index contributed by atoms with van der Waals surface area (Å²) in [4.78, 5) is 0. The van der Waals surface area contributed by atoms with Gasteiger partial charge in [0.15, 0.2) is 175 Å². The molecule has 0 saturated carbocycles. The lowest BCUT2D eigenvalue weighted by Crippen LogP contribution is -2.15. The summed E-state index contributed by atoms with van der Waals surface area (Å²) in [6.45, 7) is -0.715. The van der Waals surface area contributed by atoms with Gasteiger partial charge in [-0.15, -0.1) is 0 Å². The molecule has 0 radical (unpaired) electrons. The van der Waals surface area contributed by atoms with E-state index in [0.717, 1.165) is 0 Å². The van der Waals surface area contributed by atoms with Crippen LogP contribution in [0.5, 0.6) is 0 Å². The molecule has 0 spiro atoms. The molecule has 0 saturated heterocycles. The third-order valence-corrected chi connectivity index (χ3v) is 15.3. The molecular weight excluding hydrogens is 1490 g/mol. The van der Waals surface area contributed by atoms with E-state index in [9.17, 15) is 52.7 Å². The van der Waals surface area contributed by atoms with Crippen LogP contribution in [0.1, 0.15) is 11.1 Å². The SMILES string of the molecule is Cc1c(F)c(-c2c(F)c(-c3c(F)c(F)c(-c4c(F)c(F)c(F)c(F)c4F)c(F)c3F)c(C)c(-c3c(F)c(-c4c(F)c(F)c(-c5cc(F)c(F)c(F)c5F)c(F)c4F)c(F)c(-c4c(F)c(F)c(-c5c(F)c(F)c(F)c(F)c5F)c(F)c4F)c3F)c2F)c(F)c(F)c1-c1c(F)c(F)c(F)c(F)c1F. The number of hydrogen-bond donors (Lipinski definition) is 0. The van der Waals surface area contributed by atoms with Gasteiger partial charge in [0.25, 0.3) is 0 Å². The van der Waals surface area contributed by atoms with Gasteiger partial charge >= 0.3 is 0 Å². The van der Waals surface area contributed by atoms with Crippen LogP contribution in [0.25, 0.3) is 100 Å². The monoisotopic (exact) mass is 1490 g/mol. The summed E-state index contributed by atoms with van der Waals surface area (Å²) in [5.41, 5.74) is -62.8. The van der Waals surface area contributed by atoms with Gasteiger partial charge in [-0.25, -0.2) is 171 Å². The maximum absolute atomic E-state index is 18.2. The molecule has 0 unspecified atom stereocenters. The van der Waals surface area contributed by atoms with E-state index in [1.54, 1.807) is 0 Å². The van der Waals surface area contributed by atoms with Crippen molar-refractivity contribution in [1.82, 2.24) is 0 Å². The summed E-state index contributed by atoms with van der Waals surface area (Å²) in [6, 6.07) is -0.857. The van der Waals surface area contributed by atoms with Crippen LogP contribution >= 0.6 is 0 Å². The molecule has 101 heavy (non-hydrogen) atoms. The Hall–Kier alpha value is -10.5. The van der Waals surface area contributed by atoms with Gasteiger partial charge in [-0.1, -0.05) is 0 Å². The first-order valence-electron chi connectivity index (χ1n) is 25.7. The van der Waals surface area contributed by atoms with Crippen LogP contribution in [0.3, 0.4) is 0 Å². The Bertz CT molecular complexity index is 5110. The highest BCUT2D eigenvalue weighted by Gasteiger charge is 2.45. The number of halogens is 39. The predicted molar refractivity (Wildman–Crippen MR) is 263 cm³/mol. The van der Waals surface area contributed by atoms with Gasteiger partial charge in [0.05, 0.1) is 77.9 Å². The summed E-state index contributed by atoms with van der Waals surface area (Å²) in [6.07, 6.45) is 0. The van der Waals surface area contributed by atoms with Crippen LogP contribution in [0.15, 0.2) is 6.07 Å². The summed E-state index contributed by atoms with van der Waals surface area (Å²) in [5.74, 6) is -136. The van der Waals surface area contributed by atoms with Crippen LogP contribution in [-0.4, -0.2) is 0 Å². The zero-order valence-corrected chi connectivity index (χ0v) is 46.8. The lowest BCUT2D eigenvalue weighted by atomic mass is 9.82. The summed E-state index contributed by atoms with van der Waals surface area (Å²) < 4.78 is 616. The van der Waals surface area contributed by atoms with Crippen LogP contribution in [0.2, 0.25) is 0 Å². The van der Waals surface area contributed by atoms with Gasteiger partial charge in [0.1, 0.15) is 34.9 Å². The highest BCUT2D eigenvalue weighted by Crippen LogP contribution is 2.55. The molecule has 0 heterocycles. The molecule has 39 heteroatoms. The van der Waals surface area contributed by atoms with E-state index in [1.807, 2.05) is 0 Å². The topological polar surface area (TPSA) is 0 Å². The fourth-order valence-corrected chi connectivity index (χ4v) is 10.7. The van der Waals surface area contributed by atoms with E-state index in [2.05, 4.69) is 0 Å². The molecule has 0 aliphatic rings. The van der Waals surface area contributed by atoms with Gasteiger partial charge in [-0.3, -0.25) is 0 Å². The normalized spacial score (nSPS) is 11.8. The molecule has 0 nitrogen and oxygen atoms in total. The van der Waals surface area contributed by atoms with Gasteiger partial charge in [-0.05, 0) is 31.0 Å². The number of rotatable bonds is 9. The molecule has 0 N–H and O–H groups in total. The molecule has 0 aliphatic carbocycles. The highest BCUT2D eigenvalue weighted by molar-refractivity contribution is 5.93. The van der Waals surface area contributed by atoms with Crippen molar-refractivity contribution in [2.45, 2.75) is 13.8 Å². The summed E-state index contributed by atoms with van der Waals surface area (Å²) in [7, 11) is 0. The predicted octanol–water partition coefficient (Wildman–Crippen LogP) is 22.7. The lowest BCUT2D eigenvalue weighted by Gasteiger charge is -2.24.